The molecule has 1 fully saturated rings. The SMILES string of the molecule is OC1(c2cn[nH]n2)CCCN(Cc2cnn(-c3ccccc3)c2)C1. The van der Waals surface area contributed by atoms with Crippen molar-refractivity contribution in [3.05, 3.63) is 60.2 Å². The number of nitrogens with zero attached hydrogens (tertiary/aromatic N) is 5. The zero-order valence-corrected chi connectivity index (χ0v) is 13.3. The van der Waals surface area contributed by atoms with Gasteiger partial charge in [-0.3, -0.25) is 4.90 Å². The molecule has 0 radical (unpaired) electrons. The second-order valence-corrected chi connectivity index (χ2v) is 6.33. The summed E-state index contributed by atoms with van der Waals surface area (Å²) in [6.07, 6.45) is 7.17. The Balaban J connectivity index is 1.47. The molecule has 7 nitrogen and oxygen atoms in total. The van der Waals surface area contributed by atoms with Gasteiger partial charge in [0.15, 0.2) is 0 Å². The summed E-state index contributed by atoms with van der Waals surface area (Å²) < 4.78 is 1.88. The molecule has 3 heterocycles. The zero-order valence-electron chi connectivity index (χ0n) is 13.3. The van der Waals surface area contributed by atoms with Gasteiger partial charge < -0.3 is 5.11 Å². The predicted octanol–water partition coefficient (Wildman–Crippen LogP) is 1.47. The molecule has 0 spiro atoms. The molecule has 7 heteroatoms. The highest BCUT2D eigenvalue weighted by Gasteiger charge is 2.37. The Hall–Kier alpha value is -2.51. The summed E-state index contributed by atoms with van der Waals surface area (Å²) in [7, 11) is 0. The van der Waals surface area contributed by atoms with Crippen LogP contribution in [0.1, 0.15) is 24.1 Å². The van der Waals surface area contributed by atoms with E-state index >= 15 is 0 Å². The Morgan fingerprint density at radius 3 is 2.88 bits per heavy atom. The molecule has 1 aliphatic rings. The quantitative estimate of drug-likeness (QED) is 0.759. The molecule has 1 atom stereocenters. The van der Waals surface area contributed by atoms with Crippen molar-refractivity contribution >= 4 is 0 Å². The van der Waals surface area contributed by atoms with Crippen LogP contribution in [-0.4, -0.2) is 48.3 Å². The van der Waals surface area contributed by atoms with E-state index < -0.39 is 5.60 Å². The van der Waals surface area contributed by atoms with Crippen LogP contribution in [-0.2, 0) is 12.1 Å². The van der Waals surface area contributed by atoms with Gasteiger partial charge in [0.25, 0.3) is 0 Å². The van der Waals surface area contributed by atoms with E-state index in [2.05, 4.69) is 25.4 Å². The van der Waals surface area contributed by atoms with Gasteiger partial charge >= 0.3 is 0 Å². The van der Waals surface area contributed by atoms with Crippen molar-refractivity contribution in [1.82, 2.24) is 30.1 Å². The highest BCUT2D eigenvalue weighted by molar-refractivity contribution is 5.30. The van der Waals surface area contributed by atoms with Crippen LogP contribution in [0.25, 0.3) is 5.69 Å². The lowest BCUT2D eigenvalue weighted by molar-refractivity contribution is -0.0414. The number of benzene rings is 1. The Morgan fingerprint density at radius 2 is 2.08 bits per heavy atom. The molecule has 0 amide bonds. The fourth-order valence-corrected chi connectivity index (χ4v) is 3.31. The number of likely N-dealkylation sites (tertiary alicyclic amines) is 1. The fraction of sp³-hybridized carbons (Fsp3) is 0.353. The van der Waals surface area contributed by atoms with Crippen LogP contribution in [0, 0.1) is 0 Å². The average Bonchev–Trinajstić information content (AvgIpc) is 3.28. The number of aromatic amines is 1. The van der Waals surface area contributed by atoms with E-state index in [1.54, 1.807) is 6.20 Å². The molecule has 0 aliphatic carbocycles. The maximum absolute atomic E-state index is 10.9. The number of aromatic nitrogens is 5. The van der Waals surface area contributed by atoms with E-state index in [1.807, 2.05) is 47.4 Å². The van der Waals surface area contributed by atoms with E-state index in [-0.39, 0.29) is 0 Å². The predicted molar refractivity (Wildman–Crippen MR) is 88.4 cm³/mol. The van der Waals surface area contributed by atoms with Crippen molar-refractivity contribution in [1.29, 1.82) is 0 Å². The minimum absolute atomic E-state index is 0.552. The first-order valence-electron chi connectivity index (χ1n) is 8.13. The van der Waals surface area contributed by atoms with Gasteiger partial charge in [-0.1, -0.05) is 18.2 Å². The normalized spacial score (nSPS) is 21.9. The van der Waals surface area contributed by atoms with Crippen molar-refractivity contribution in [3.63, 3.8) is 0 Å². The molecule has 0 bridgehead atoms. The third-order valence-electron chi connectivity index (χ3n) is 4.50. The summed E-state index contributed by atoms with van der Waals surface area (Å²) in [6, 6.07) is 10.0. The molecular weight excluding hydrogens is 304 g/mol. The van der Waals surface area contributed by atoms with Gasteiger partial charge in [0.2, 0.25) is 0 Å². The lowest BCUT2D eigenvalue weighted by atomic mass is 9.90. The van der Waals surface area contributed by atoms with Gasteiger partial charge in [0, 0.05) is 24.8 Å². The second-order valence-electron chi connectivity index (χ2n) is 6.33. The number of para-hydroxylation sites is 1. The number of hydrogen-bond donors (Lipinski definition) is 2. The number of aliphatic hydroxyl groups is 1. The molecule has 3 aromatic rings. The van der Waals surface area contributed by atoms with Crippen LogP contribution in [0.2, 0.25) is 0 Å². The molecule has 1 unspecified atom stereocenters. The van der Waals surface area contributed by atoms with Gasteiger partial charge in [-0.2, -0.15) is 20.5 Å². The highest BCUT2D eigenvalue weighted by Crippen LogP contribution is 2.30. The first-order chi connectivity index (χ1) is 11.7. The van der Waals surface area contributed by atoms with E-state index in [0.29, 0.717) is 18.7 Å². The average molecular weight is 324 g/mol. The van der Waals surface area contributed by atoms with E-state index in [1.165, 1.54) is 0 Å². The van der Waals surface area contributed by atoms with Crippen molar-refractivity contribution in [2.75, 3.05) is 13.1 Å². The number of hydrogen-bond acceptors (Lipinski definition) is 5. The van der Waals surface area contributed by atoms with Crippen molar-refractivity contribution in [3.8, 4) is 5.69 Å². The van der Waals surface area contributed by atoms with Gasteiger partial charge in [0.05, 0.1) is 18.1 Å². The fourth-order valence-electron chi connectivity index (χ4n) is 3.31. The summed E-state index contributed by atoms with van der Waals surface area (Å²) >= 11 is 0. The van der Waals surface area contributed by atoms with Crippen molar-refractivity contribution in [2.24, 2.45) is 0 Å². The molecule has 1 aliphatic heterocycles. The third kappa shape index (κ3) is 2.95. The lowest BCUT2D eigenvalue weighted by Crippen LogP contribution is -2.45. The summed E-state index contributed by atoms with van der Waals surface area (Å²) in [5, 5.41) is 25.8. The molecule has 124 valence electrons. The Labute approximate surface area is 139 Å². The maximum Gasteiger partial charge on any atom is 0.123 e. The zero-order chi connectivity index (χ0) is 16.4. The minimum Gasteiger partial charge on any atom is -0.382 e. The number of β-amino-alcohol motifs (C(OH)–C–C–N with tert-alkyl or cyclic N) is 1. The second kappa shape index (κ2) is 6.18. The Morgan fingerprint density at radius 1 is 1.21 bits per heavy atom. The molecule has 1 saturated heterocycles. The van der Waals surface area contributed by atoms with Crippen LogP contribution in [0.3, 0.4) is 0 Å². The molecule has 2 aromatic heterocycles. The Kier molecular flexibility index (Phi) is 3.87. The molecule has 1 aromatic carbocycles. The Bertz CT molecular complexity index is 785. The maximum atomic E-state index is 10.9. The van der Waals surface area contributed by atoms with Gasteiger partial charge in [0.1, 0.15) is 11.3 Å². The number of piperidine rings is 1. The van der Waals surface area contributed by atoms with Crippen molar-refractivity contribution < 1.29 is 5.11 Å². The van der Waals surface area contributed by atoms with E-state index in [9.17, 15) is 5.11 Å². The van der Waals surface area contributed by atoms with Crippen LogP contribution >= 0.6 is 0 Å². The highest BCUT2D eigenvalue weighted by atomic mass is 16.3. The molecular formula is C17H20N6O. The first kappa shape index (κ1) is 15.0. The summed E-state index contributed by atoms with van der Waals surface area (Å²) in [4.78, 5) is 2.24. The molecule has 4 rings (SSSR count). The third-order valence-corrected chi connectivity index (χ3v) is 4.50. The first-order valence-corrected chi connectivity index (χ1v) is 8.13. The minimum atomic E-state index is -0.930. The molecule has 24 heavy (non-hydrogen) atoms. The van der Waals surface area contributed by atoms with E-state index in [0.717, 1.165) is 30.8 Å². The topological polar surface area (TPSA) is 82.9 Å². The van der Waals surface area contributed by atoms with Crippen LogP contribution in [0.5, 0.6) is 0 Å². The van der Waals surface area contributed by atoms with Gasteiger partial charge in [-0.05, 0) is 31.5 Å². The van der Waals surface area contributed by atoms with Gasteiger partial charge in [-0.15, -0.1) is 0 Å². The largest absolute Gasteiger partial charge is 0.382 e. The summed E-state index contributed by atoms with van der Waals surface area (Å²) in [5.74, 6) is 0. The molecule has 0 saturated carbocycles. The molecule has 2 N–H and O–H groups in total. The summed E-state index contributed by atoms with van der Waals surface area (Å²) in [6.45, 7) is 2.26. The number of H-pyrrole nitrogens is 1. The van der Waals surface area contributed by atoms with Gasteiger partial charge in [-0.25, -0.2) is 4.68 Å². The van der Waals surface area contributed by atoms with Crippen LogP contribution in [0.4, 0.5) is 0 Å². The van der Waals surface area contributed by atoms with E-state index in [4.69, 9.17) is 0 Å². The lowest BCUT2D eigenvalue weighted by Gasteiger charge is -2.37. The summed E-state index contributed by atoms with van der Waals surface area (Å²) in [5.41, 5.74) is 1.86. The smallest absolute Gasteiger partial charge is 0.123 e. The number of rotatable bonds is 4. The standard InChI is InChI=1S/C17H20N6O/c24-17(16-10-18-21-20-16)7-4-8-22(13-17)11-14-9-19-23(12-14)15-5-2-1-3-6-15/h1-3,5-6,9-10,12,24H,4,7-8,11,13H2,(H,18,20,21). The monoisotopic (exact) mass is 324 g/mol. The number of nitrogens with one attached hydrogen (secondary N) is 1. The van der Waals surface area contributed by atoms with Crippen molar-refractivity contribution in [2.45, 2.75) is 25.0 Å². The van der Waals surface area contributed by atoms with Crippen LogP contribution in [0.15, 0.2) is 48.9 Å². The van der Waals surface area contributed by atoms with Crippen LogP contribution < -0.4 is 0 Å².